The summed E-state index contributed by atoms with van der Waals surface area (Å²) in [5, 5.41) is 6.44. The second-order valence-electron chi connectivity index (χ2n) is 6.27. The Morgan fingerprint density at radius 3 is 2.33 bits per heavy atom. The molecular formula is C19H23Br2N3. The van der Waals surface area contributed by atoms with E-state index in [1.54, 1.807) is 0 Å². The Labute approximate surface area is 160 Å². The first kappa shape index (κ1) is 18.1. The molecule has 5 heteroatoms. The first-order valence-corrected chi connectivity index (χ1v) is 10.1. The van der Waals surface area contributed by atoms with Crippen LogP contribution in [0, 0.1) is 6.92 Å². The Morgan fingerprint density at radius 2 is 1.67 bits per heavy atom. The van der Waals surface area contributed by atoms with Gasteiger partial charge in [-0.05, 0) is 64.0 Å². The van der Waals surface area contributed by atoms with E-state index in [1.165, 1.54) is 32.4 Å². The number of fused-ring (bicyclic) bond motifs is 2. The zero-order valence-electron chi connectivity index (χ0n) is 14.0. The monoisotopic (exact) mass is 451 g/mol. The Morgan fingerprint density at radius 1 is 0.958 bits per heavy atom. The largest absolute Gasteiger partial charge is 0.314 e. The van der Waals surface area contributed by atoms with E-state index >= 15 is 0 Å². The van der Waals surface area contributed by atoms with Crippen molar-refractivity contribution in [2.45, 2.75) is 26.2 Å². The number of aromatic nitrogens is 1. The van der Waals surface area contributed by atoms with Crippen LogP contribution in [0.3, 0.4) is 0 Å². The molecule has 1 saturated heterocycles. The van der Waals surface area contributed by atoms with Gasteiger partial charge in [-0.1, -0.05) is 28.1 Å². The minimum absolute atomic E-state index is 0.941. The van der Waals surface area contributed by atoms with Crippen molar-refractivity contribution in [3.05, 3.63) is 61.3 Å². The van der Waals surface area contributed by atoms with Gasteiger partial charge in [-0.3, -0.25) is 4.98 Å². The maximum absolute atomic E-state index is 4.57. The fraction of sp³-hybridized carbons (Fsp3) is 0.421. The van der Waals surface area contributed by atoms with E-state index in [-0.39, 0.29) is 0 Å². The van der Waals surface area contributed by atoms with Crippen LogP contribution in [0.25, 0.3) is 0 Å². The summed E-state index contributed by atoms with van der Waals surface area (Å²) in [7, 11) is 0. The molecule has 0 amide bonds. The van der Waals surface area contributed by atoms with Crippen LogP contribution in [-0.2, 0) is 19.3 Å². The molecule has 2 aliphatic rings. The molecule has 2 N–H and O–H groups in total. The molecule has 24 heavy (non-hydrogen) atoms. The molecule has 1 fully saturated rings. The third-order valence-corrected chi connectivity index (χ3v) is 6.06. The zero-order valence-corrected chi connectivity index (χ0v) is 17.1. The van der Waals surface area contributed by atoms with Gasteiger partial charge in [-0.15, -0.1) is 0 Å². The van der Waals surface area contributed by atoms with Crippen LogP contribution in [-0.4, -0.2) is 31.2 Å². The summed E-state index contributed by atoms with van der Waals surface area (Å²) in [6.45, 7) is 6.71. The Hall–Kier alpha value is -0.750. The molecule has 3 nitrogen and oxygen atoms in total. The number of rotatable bonds is 0. The Balaban J connectivity index is 0.000000238. The van der Waals surface area contributed by atoms with Gasteiger partial charge in [0.1, 0.15) is 0 Å². The van der Waals surface area contributed by atoms with Gasteiger partial charge in [0.05, 0.1) is 0 Å². The lowest BCUT2D eigenvalue weighted by Gasteiger charge is -2.11. The van der Waals surface area contributed by atoms with Crippen LogP contribution in [0.1, 0.15) is 27.9 Å². The van der Waals surface area contributed by atoms with Crippen molar-refractivity contribution in [1.29, 1.82) is 0 Å². The number of nitrogens with one attached hydrogen (secondary N) is 2. The lowest BCUT2D eigenvalue weighted by molar-refractivity contribution is 0.534. The van der Waals surface area contributed by atoms with Crippen molar-refractivity contribution in [3.8, 4) is 0 Å². The highest BCUT2D eigenvalue weighted by atomic mass is 79.9. The summed E-state index contributed by atoms with van der Waals surface area (Å²) in [6.07, 6.45) is 4.99. The average molecular weight is 453 g/mol. The topological polar surface area (TPSA) is 37.0 Å². The maximum atomic E-state index is 4.57. The van der Waals surface area contributed by atoms with E-state index in [4.69, 9.17) is 0 Å². The molecule has 0 spiro atoms. The summed E-state index contributed by atoms with van der Waals surface area (Å²) < 4.78 is 2.34. The van der Waals surface area contributed by atoms with Crippen LogP contribution < -0.4 is 10.6 Å². The van der Waals surface area contributed by atoms with Crippen molar-refractivity contribution in [1.82, 2.24) is 15.6 Å². The van der Waals surface area contributed by atoms with Crippen LogP contribution in [0.2, 0.25) is 0 Å². The fourth-order valence-corrected chi connectivity index (χ4v) is 4.11. The van der Waals surface area contributed by atoms with Gasteiger partial charge < -0.3 is 10.6 Å². The number of nitrogens with zero attached hydrogens (tertiary/aromatic N) is 1. The normalized spacial score (nSPS) is 16.3. The Kier molecular flexibility index (Phi) is 6.44. The van der Waals surface area contributed by atoms with Crippen molar-refractivity contribution in [3.63, 3.8) is 0 Å². The molecule has 1 aromatic heterocycles. The predicted molar refractivity (Wildman–Crippen MR) is 107 cm³/mol. The lowest BCUT2D eigenvalue weighted by atomic mass is 10.0. The van der Waals surface area contributed by atoms with Crippen molar-refractivity contribution in [2.75, 3.05) is 26.2 Å². The van der Waals surface area contributed by atoms with Gasteiger partial charge in [0.25, 0.3) is 0 Å². The number of aryl methyl sites for hydroxylation is 2. The smallest absolute Gasteiger partial charge is 0.0480 e. The van der Waals surface area contributed by atoms with Gasteiger partial charge >= 0.3 is 0 Å². The third kappa shape index (κ3) is 4.45. The number of benzene rings is 1. The number of pyridine rings is 1. The molecule has 2 heterocycles. The second kappa shape index (κ2) is 8.56. The van der Waals surface area contributed by atoms with E-state index in [2.05, 4.69) is 72.6 Å². The first-order chi connectivity index (χ1) is 11.6. The molecule has 0 radical (unpaired) electrons. The van der Waals surface area contributed by atoms with E-state index < -0.39 is 0 Å². The molecule has 1 aliphatic heterocycles. The molecule has 4 rings (SSSR count). The summed E-state index contributed by atoms with van der Waals surface area (Å²) >= 11 is 7.24. The third-order valence-electron chi connectivity index (χ3n) is 4.52. The van der Waals surface area contributed by atoms with Crippen molar-refractivity contribution in [2.24, 2.45) is 0 Å². The van der Waals surface area contributed by atoms with Gasteiger partial charge in [-0.2, -0.15) is 0 Å². The van der Waals surface area contributed by atoms with Crippen LogP contribution in [0.4, 0.5) is 0 Å². The standard InChI is InChI=1S/C15H13Br2N.C4H10N2/c1-9-2-3-10-7-14-11(6-12(16)8-18-14)4-5-13(10)15(9)17;1-2-6-4-3-5-1/h2-3,6,8H,4-5,7H2,1H3;5-6H,1-4H2. The summed E-state index contributed by atoms with van der Waals surface area (Å²) in [4.78, 5) is 4.57. The van der Waals surface area contributed by atoms with Gasteiger partial charge in [0.15, 0.2) is 0 Å². The highest BCUT2D eigenvalue weighted by molar-refractivity contribution is 9.10. The van der Waals surface area contributed by atoms with Crippen LogP contribution in [0.5, 0.6) is 0 Å². The van der Waals surface area contributed by atoms with Gasteiger partial charge in [0.2, 0.25) is 0 Å². The SMILES string of the molecule is C1CNCCN1.Cc1ccc2c(c1Br)CCc1cc(Br)cnc1C2. The number of hydrogen-bond acceptors (Lipinski definition) is 3. The summed E-state index contributed by atoms with van der Waals surface area (Å²) in [5.41, 5.74) is 6.75. The van der Waals surface area contributed by atoms with Crippen molar-refractivity contribution < 1.29 is 0 Å². The molecule has 2 aromatic rings. The minimum atomic E-state index is 0.941. The average Bonchev–Trinajstić information content (AvgIpc) is 2.80. The van der Waals surface area contributed by atoms with Gasteiger partial charge in [0, 0.05) is 53.4 Å². The first-order valence-electron chi connectivity index (χ1n) is 8.46. The zero-order chi connectivity index (χ0) is 16.9. The summed E-state index contributed by atoms with van der Waals surface area (Å²) in [6, 6.07) is 6.63. The molecule has 1 aliphatic carbocycles. The number of hydrogen-bond donors (Lipinski definition) is 2. The highest BCUT2D eigenvalue weighted by Crippen LogP contribution is 2.31. The molecule has 0 bridgehead atoms. The minimum Gasteiger partial charge on any atom is -0.314 e. The van der Waals surface area contributed by atoms with Crippen molar-refractivity contribution >= 4 is 31.9 Å². The molecule has 0 atom stereocenters. The van der Waals surface area contributed by atoms with E-state index in [0.717, 1.165) is 49.9 Å². The number of halogens is 2. The van der Waals surface area contributed by atoms with E-state index in [0.29, 0.717) is 0 Å². The fourth-order valence-electron chi connectivity index (χ4n) is 3.14. The molecule has 1 aromatic carbocycles. The lowest BCUT2D eigenvalue weighted by Crippen LogP contribution is -2.39. The van der Waals surface area contributed by atoms with Crippen LogP contribution in [0.15, 0.2) is 33.3 Å². The predicted octanol–water partition coefficient (Wildman–Crippen LogP) is 3.78. The van der Waals surface area contributed by atoms with E-state index in [1.807, 2.05) is 6.20 Å². The molecule has 0 saturated carbocycles. The quantitative estimate of drug-likeness (QED) is 0.638. The molecule has 0 unspecified atom stereocenters. The number of piperazine rings is 1. The molecule has 128 valence electrons. The molecular weight excluding hydrogens is 430 g/mol. The van der Waals surface area contributed by atoms with E-state index in [9.17, 15) is 0 Å². The Bertz CT molecular complexity index is 700. The second-order valence-corrected chi connectivity index (χ2v) is 7.98. The summed E-state index contributed by atoms with van der Waals surface area (Å²) in [5.74, 6) is 0. The highest BCUT2D eigenvalue weighted by Gasteiger charge is 2.17. The van der Waals surface area contributed by atoms with Gasteiger partial charge in [-0.25, -0.2) is 0 Å². The maximum Gasteiger partial charge on any atom is 0.0480 e. The van der Waals surface area contributed by atoms with Crippen LogP contribution >= 0.6 is 31.9 Å².